The van der Waals surface area contributed by atoms with Crippen LogP contribution in [0, 0.1) is 17.0 Å². The van der Waals surface area contributed by atoms with Gasteiger partial charge in [0.15, 0.2) is 0 Å². The lowest BCUT2D eigenvalue weighted by molar-refractivity contribution is -0.384. The van der Waals surface area contributed by atoms with Crippen molar-refractivity contribution in [3.63, 3.8) is 0 Å². The molecule has 1 N–H and O–H groups in total. The quantitative estimate of drug-likeness (QED) is 0.587. The van der Waals surface area contributed by atoms with E-state index in [0.717, 1.165) is 11.2 Å². The average Bonchev–Trinajstić information content (AvgIpc) is 3.01. The maximum absolute atomic E-state index is 11.2. The number of aromatic nitrogens is 3. The predicted octanol–water partition coefficient (Wildman–Crippen LogP) is 2.40. The fourth-order valence-electron chi connectivity index (χ4n) is 1.96. The predicted molar refractivity (Wildman–Crippen MR) is 75.1 cm³/mol. The zero-order valence-electron chi connectivity index (χ0n) is 10.7. The van der Waals surface area contributed by atoms with Gasteiger partial charge in [0, 0.05) is 12.3 Å². The van der Waals surface area contributed by atoms with Crippen molar-refractivity contribution in [3.8, 4) is 5.69 Å². The Morgan fingerprint density at radius 3 is 2.86 bits per heavy atom. The molecule has 0 saturated carbocycles. The summed E-state index contributed by atoms with van der Waals surface area (Å²) in [7, 11) is 0. The van der Waals surface area contributed by atoms with Crippen LogP contribution in [0.2, 0.25) is 0 Å². The van der Waals surface area contributed by atoms with E-state index < -0.39 is 10.9 Å². The van der Waals surface area contributed by atoms with Crippen LogP contribution in [0.1, 0.15) is 15.4 Å². The van der Waals surface area contributed by atoms with Crippen LogP contribution in [0.4, 0.5) is 5.69 Å². The summed E-state index contributed by atoms with van der Waals surface area (Å²) in [6.45, 7) is 1.81. The number of carbonyl (C=O) groups is 1. The Morgan fingerprint density at radius 1 is 1.48 bits per heavy atom. The molecule has 106 valence electrons. The van der Waals surface area contributed by atoms with Crippen molar-refractivity contribution in [2.24, 2.45) is 0 Å². The van der Waals surface area contributed by atoms with Crippen molar-refractivity contribution < 1.29 is 14.8 Å². The highest BCUT2D eigenvalue weighted by molar-refractivity contribution is 7.18. The van der Waals surface area contributed by atoms with Crippen LogP contribution in [0.15, 0.2) is 24.5 Å². The highest BCUT2D eigenvalue weighted by Gasteiger charge is 2.20. The second kappa shape index (κ2) is 4.63. The Labute approximate surface area is 121 Å². The molecule has 0 bridgehead atoms. The van der Waals surface area contributed by atoms with Crippen molar-refractivity contribution in [3.05, 3.63) is 45.2 Å². The molecule has 1 aromatic carbocycles. The molecule has 0 saturated heterocycles. The highest BCUT2D eigenvalue weighted by Crippen LogP contribution is 2.31. The van der Waals surface area contributed by atoms with Gasteiger partial charge in [0.1, 0.15) is 5.69 Å². The van der Waals surface area contributed by atoms with Gasteiger partial charge >= 0.3 is 5.97 Å². The van der Waals surface area contributed by atoms with Gasteiger partial charge in [-0.1, -0.05) is 0 Å². The number of thiazole rings is 1. The first-order valence-electron chi connectivity index (χ1n) is 5.79. The molecular formula is C12H8N4O4S. The van der Waals surface area contributed by atoms with E-state index >= 15 is 0 Å². The smallest absolute Gasteiger partial charge is 0.338 e. The molecule has 8 nitrogen and oxygen atoms in total. The zero-order chi connectivity index (χ0) is 15.1. The van der Waals surface area contributed by atoms with Crippen molar-refractivity contribution in [2.75, 3.05) is 0 Å². The SMILES string of the molecule is Cc1nc2cc(-n3cc(C(=O)O)cn3)c([N+](=O)[O-])cc2s1. The van der Waals surface area contributed by atoms with E-state index in [2.05, 4.69) is 10.1 Å². The first-order chi connectivity index (χ1) is 9.95. The largest absolute Gasteiger partial charge is 0.478 e. The second-order valence-electron chi connectivity index (χ2n) is 4.28. The molecule has 0 aliphatic carbocycles. The lowest BCUT2D eigenvalue weighted by atomic mass is 10.2. The van der Waals surface area contributed by atoms with E-state index in [1.165, 1.54) is 34.3 Å². The summed E-state index contributed by atoms with van der Waals surface area (Å²) in [5.41, 5.74) is 0.612. The summed E-state index contributed by atoms with van der Waals surface area (Å²) >= 11 is 1.36. The maximum atomic E-state index is 11.2. The van der Waals surface area contributed by atoms with Gasteiger partial charge in [0.25, 0.3) is 5.69 Å². The molecule has 0 fully saturated rings. The summed E-state index contributed by atoms with van der Waals surface area (Å²) < 4.78 is 1.88. The molecule has 9 heteroatoms. The minimum atomic E-state index is -1.14. The molecule has 0 unspecified atom stereocenters. The monoisotopic (exact) mass is 304 g/mol. The molecule has 0 aliphatic heterocycles. The van der Waals surface area contributed by atoms with Gasteiger partial charge in [-0.2, -0.15) is 5.10 Å². The molecule has 2 heterocycles. The number of hydrogen-bond acceptors (Lipinski definition) is 6. The number of nitrogens with zero attached hydrogens (tertiary/aromatic N) is 4. The number of nitro benzene ring substituents is 1. The van der Waals surface area contributed by atoms with E-state index in [1.54, 1.807) is 0 Å². The van der Waals surface area contributed by atoms with Crippen LogP contribution in [0.25, 0.3) is 15.9 Å². The number of rotatable bonds is 3. The van der Waals surface area contributed by atoms with Crippen molar-refractivity contribution in [2.45, 2.75) is 6.92 Å². The average molecular weight is 304 g/mol. The molecule has 0 aliphatic rings. The van der Waals surface area contributed by atoms with Crippen LogP contribution in [-0.4, -0.2) is 30.8 Å². The van der Waals surface area contributed by atoms with E-state index in [-0.39, 0.29) is 16.9 Å². The fourth-order valence-corrected chi connectivity index (χ4v) is 2.80. The lowest BCUT2D eigenvalue weighted by Gasteiger charge is -2.02. The van der Waals surface area contributed by atoms with Gasteiger partial charge in [-0.05, 0) is 13.0 Å². The summed E-state index contributed by atoms with van der Waals surface area (Å²) in [6, 6.07) is 2.97. The number of hydrogen-bond donors (Lipinski definition) is 1. The molecular weight excluding hydrogens is 296 g/mol. The summed E-state index contributed by atoms with van der Waals surface area (Å²) in [5, 5.41) is 24.8. The molecule has 21 heavy (non-hydrogen) atoms. The lowest BCUT2D eigenvalue weighted by Crippen LogP contribution is -2.01. The van der Waals surface area contributed by atoms with Crippen molar-refractivity contribution >= 4 is 33.2 Å². The van der Waals surface area contributed by atoms with Crippen LogP contribution >= 0.6 is 11.3 Å². The van der Waals surface area contributed by atoms with Gasteiger partial charge in [-0.25, -0.2) is 14.5 Å². The number of carboxylic acid groups (broad SMARTS) is 1. The summed E-state index contributed by atoms with van der Waals surface area (Å²) in [5.74, 6) is -1.14. The number of aryl methyl sites for hydroxylation is 1. The number of carboxylic acids is 1. The Bertz CT molecular complexity index is 883. The first-order valence-corrected chi connectivity index (χ1v) is 6.61. The van der Waals surface area contributed by atoms with Gasteiger partial charge in [0.05, 0.1) is 31.9 Å². The third-order valence-electron chi connectivity index (χ3n) is 2.86. The first kappa shape index (κ1) is 13.2. The topological polar surface area (TPSA) is 111 Å². The minimum absolute atomic E-state index is 0.0427. The number of benzene rings is 1. The van der Waals surface area contributed by atoms with E-state index in [0.29, 0.717) is 10.2 Å². The molecule has 0 amide bonds. The normalized spacial score (nSPS) is 10.9. The summed E-state index contributed by atoms with van der Waals surface area (Å²) in [6.07, 6.45) is 2.37. The van der Waals surface area contributed by atoms with Crippen molar-refractivity contribution in [1.29, 1.82) is 0 Å². The number of aromatic carboxylic acids is 1. The van der Waals surface area contributed by atoms with E-state index in [9.17, 15) is 14.9 Å². The van der Waals surface area contributed by atoms with Crippen LogP contribution < -0.4 is 0 Å². The molecule has 0 atom stereocenters. The molecule has 3 rings (SSSR count). The Kier molecular flexibility index (Phi) is 2.91. The standard InChI is InChI=1S/C12H8N4O4S/c1-6-14-8-2-9(10(16(19)20)3-11(8)21-6)15-5-7(4-13-15)12(17)18/h2-5H,1H3,(H,17,18). The molecule has 3 aromatic rings. The maximum Gasteiger partial charge on any atom is 0.338 e. The molecule has 0 spiro atoms. The molecule has 0 radical (unpaired) electrons. The second-order valence-corrected chi connectivity index (χ2v) is 5.51. The van der Waals surface area contributed by atoms with E-state index in [1.807, 2.05) is 6.92 Å². The molecule has 2 aromatic heterocycles. The minimum Gasteiger partial charge on any atom is -0.478 e. The van der Waals surface area contributed by atoms with Gasteiger partial charge in [0.2, 0.25) is 0 Å². The fraction of sp³-hybridized carbons (Fsp3) is 0.0833. The third-order valence-corrected chi connectivity index (χ3v) is 3.80. The van der Waals surface area contributed by atoms with E-state index in [4.69, 9.17) is 5.11 Å². The highest BCUT2D eigenvalue weighted by atomic mass is 32.1. The number of nitro groups is 1. The van der Waals surface area contributed by atoms with Crippen molar-refractivity contribution in [1.82, 2.24) is 14.8 Å². The van der Waals surface area contributed by atoms with Gasteiger partial charge in [-0.15, -0.1) is 11.3 Å². The van der Waals surface area contributed by atoms with Gasteiger partial charge in [-0.3, -0.25) is 10.1 Å². The summed E-state index contributed by atoms with van der Waals surface area (Å²) in [4.78, 5) is 25.9. The number of fused-ring (bicyclic) bond motifs is 1. The zero-order valence-corrected chi connectivity index (χ0v) is 11.5. The Hall–Kier alpha value is -2.81. The van der Waals surface area contributed by atoms with Crippen LogP contribution in [0.3, 0.4) is 0 Å². The van der Waals surface area contributed by atoms with Crippen LogP contribution in [0.5, 0.6) is 0 Å². The van der Waals surface area contributed by atoms with Crippen LogP contribution in [-0.2, 0) is 0 Å². The Balaban J connectivity index is 2.25. The third kappa shape index (κ3) is 2.23. The Morgan fingerprint density at radius 2 is 2.24 bits per heavy atom. The van der Waals surface area contributed by atoms with Gasteiger partial charge < -0.3 is 5.11 Å².